The maximum atomic E-state index is 6.30. The predicted octanol–water partition coefficient (Wildman–Crippen LogP) is 7.42. The van der Waals surface area contributed by atoms with Crippen molar-refractivity contribution in [3.05, 3.63) is 0 Å². The van der Waals surface area contributed by atoms with Crippen molar-refractivity contribution in [3.63, 3.8) is 0 Å². The Morgan fingerprint density at radius 2 is 0.935 bits per heavy atom. The average molecular weight is 445 g/mol. The van der Waals surface area contributed by atoms with E-state index in [-0.39, 0.29) is 48.1 Å². The standard InChI is InChI=1S/C27H56O4/c1-14-26(11,12)18-28-20(5)21(6)30-24(9)25(10)31-23(8)22(7)29-19(4)17-27(13,15-2)16-3/h19-25H,14-18H2,1-13H3. The first-order chi connectivity index (χ1) is 14.2. The summed E-state index contributed by atoms with van der Waals surface area (Å²) < 4.78 is 24.9. The second-order valence-electron chi connectivity index (χ2n) is 11.0. The fourth-order valence-electron chi connectivity index (χ4n) is 3.47. The van der Waals surface area contributed by atoms with Crippen LogP contribution in [-0.4, -0.2) is 49.3 Å². The molecule has 4 nitrogen and oxygen atoms in total. The lowest BCUT2D eigenvalue weighted by atomic mass is 9.80. The highest BCUT2D eigenvalue weighted by atomic mass is 16.6. The van der Waals surface area contributed by atoms with Crippen LogP contribution in [0.3, 0.4) is 0 Å². The van der Waals surface area contributed by atoms with Crippen LogP contribution in [0, 0.1) is 10.8 Å². The van der Waals surface area contributed by atoms with E-state index in [1.54, 1.807) is 0 Å². The molecule has 7 atom stereocenters. The van der Waals surface area contributed by atoms with Crippen LogP contribution in [0.1, 0.15) is 116 Å². The van der Waals surface area contributed by atoms with Gasteiger partial charge in [0.2, 0.25) is 0 Å². The molecule has 0 radical (unpaired) electrons. The number of rotatable bonds is 17. The van der Waals surface area contributed by atoms with Crippen LogP contribution < -0.4 is 0 Å². The van der Waals surface area contributed by atoms with Gasteiger partial charge in [-0.1, -0.05) is 54.4 Å². The molecule has 0 heterocycles. The highest BCUT2D eigenvalue weighted by Crippen LogP contribution is 2.32. The Kier molecular flexibility index (Phi) is 14.1. The van der Waals surface area contributed by atoms with Gasteiger partial charge in [0.1, 0.15) is 0 Å². The summed E-state index contributed by atoms with van der Waals surface area (Å²) in [5.41, 5.74) is 0.546. The lowest BCUT2D eigenvalue weighted by Crippen LogP contribution is -2.40. The molecule has 0 amide bonds. The molecule has 0 fully saturated rings. The van der Waals surface area contributed by atoms with Gasteiger partial charge in [-0.3, -0.25) is 0 Å². The summed E-state index contributed by atoms with van der Waals surface area (Å²) in [7, 11) is 0. The minimum atomic E-state index is -0.0189. The van der Waals surface area contributed by atoms with Gasteiger partial charge in [0.15, 0.2) is 0 Å². The maximum Gasteiger partial charge on any atom is 0.0811 e. The summed E-state index contributed by atoms with van der Waals surface area (Å²) in [6, 6.07) is 0. The van der Waals surface area contributed by atoms with Crippen LogP contribution in [0.2, 0.25) is 0 Å². The Bertz CT molecular complexity index is 460. The molecule has 0 aliphatic rings. The normalized spacial score (nSPS) is 20.0. The number of ether oxygens (including phenoxy) is 4. The van der Waals surface area contributed by atoms with E-state index in [1.165, 1.54) is 12.8 Å². The topological polar surface area (TPSA) is 36.9 Å². The van der Waals surface area contributed by atoms with E-state index in [1.807, 2.05) is 0 Å². The first-order valence-electron chi connectivity index (χ1n) is 12.8. The summed E-state index contributed by atoms with van der Waals surface area (Å²) in [5.74, 6) is 0. The van der Waals surface area contributed by atoms with Crippen molar-refractivity contribution in [1.29, 1.82) is 0 Å². The summed E-state index contributed by atoms with van der Waals surface area (Å²) >= 11 is 0. The molecule has 7 unspecified atom stereocenters. The molecule has 0 N–H and O–H groups in total. The van der Waals surface area contributed by atoms with Crippen molar-refractivity contribution in [1.82, 2.24) is 0 Å². The zero-order valence-corrected chi connectivity index (χ0v) is 23.2. The SMILES string of the molecule is CCC(C)(C)COC(C)C(C)OC(C)C(C)OC(C)C(C)OC(C)CC(C)(CC)CC. The molecule has 0 aromatic carbocycles. The van der Waals surface area contributed by atoms with E-state index in [9.17, 15) is 0 Å². The molecule has 0 aromatic heterocycles. The molecule has 0 rings (SSSR count). The van der Waals surface area contributed by atoms with Gasteiger partial charge in [-0.2, -0.15) is 0 Å². The van der Waals surface area contributed by atoms with Gasteiger partial charge in [-0.15, -0.1) is 0 Å². The predicted molar refractivity (Wildman–Crippen MR) is 133 cm³/mol. The van der Waals surface area contributed by atoms with Crippen molar-refractivity contribution in [2.75, 3.05) is 6.61 Å². The maximum absolute atomic E-state index is 6.30. The van der Waals surface area contributed by atoms with Gasteiger partial charge in [0.05, 0.1) is 49.3 Å². The second-order valence-corrected chi connectivity index (χ2v) is 11.0. The van der Waals surface area contributed by atoms with Crippen LogP contribution in [-0.2, 0) is 18.9 Å². The minimum absolute atomic E-state index is 0.00680. The summed E-state index contributed by atoms with van der Waals surface area (Å²) in [6.07, 6.45) is 4.83. The zero-order valence-electron chi connectivity index (χ0n) is 23.2. The van der Waals surface area contributed by atoms with E-state index in [0.29, 0.717) is 5.41 Å². The van der Waals surface area contributed by atoms with E-state index in [2.05, 4.69) is 90.0 Å². The lowest BCUT2D eigenvalue weighted by molar-refractivity contribution is -0.162. The second kappa shape index (κ2) is 14.2. The zero-order chi connectivity index (χ0) is 24.4. The van der Waals surface area contributed by atoms with Gasteiger partial charge in [0, 0.05) is 0 Å². The highest BCUT2D eigenvalue weighted by Gasteiger charge is 2.28. The summed E-state index contributed by atoms with van der Waals surface area (Å²) in [6.45, 7) is 29.1. The molecular formula is C27H56O4. The van der Waals surface area contributed by atoms with Crippen molar-refractivity contribution in [2.45, 2.75) is 158 Å². The Balaban J connectivity index is 4.52. The van der Waals surface area contributed by atoms with E-state index < -0.39 is 0 Å². The molecule has 0 saturated carbocycles. The summed E-state index contributed by atoms with van der Waals surface area (Å²) in [5, 5.41) is 0. The molecule has 0 aliphatic heterocycles. The van der Waals surface area contributed by atoms with E-state index in [0.717, 1.165) is 19.4 Å². The molecule has 0 aromatic rings. The van der Waals surface area contributed by atoms with Gasteiger partial charge in [0.25, 0.3) is 0 Å². The van der Waals surface area contributed by atoms with Crippen LogP contribution in [0.5, 0.6) is 0 Å². The van der Waals surface area contributed by atoms with Gasteiger partial charge in [-0.05, 0) is 72.1 Å². The van der Waals surface area contributed by atoms with Gasteiger partial charge >= 0.3 is 0 Å². The Hall–Kier alpha value is -0.160. The van der Waals surface area contributed by atoms with Gasteiger partial charge < -0.3 is 18.9 Å². The Labute approximate surface area is 195 Å². The first-order valence-corrected chi connectivity index (χ1v) is 12.8. The lowest BCUT2D eigenvalue weighted by Gasteiger charge is -2.34. The van der Waals surface area contributed by atoms with Crippen molar-refractivity contribution < 1.29 is 18.9 Å². The van der Waals surface area contributed by atoms with Crippen LogP contribution >= 0.6 is 0 Å². The molecule has 0 aliphatic carbocycles. The van der Waals surface area contributed by atoms with Crippen molar-refractivity contribution in [3.8, 4) is 0 Å². The molecule has 0 saturated heterocycles. The third-order valence-corrected chi connectivity index (χ3v) is 7.47. The van der Waals surface area contributed by atoms with Crippen LogP contribution in [0.15, 0.2) is 0 Å². The van der Waals surface area contributed by atoms with Crippen molar-refractivity contribution in [2.24, 2.45) is 10.8 Å². The fourth-order valence-corrected chi connectivity index (χ4v) is 3.47. The molecular weight excluding hydrogens is 388 g/mol. The summed E-state index contributed by atoms with van der Waals surface area (Å²) in [4.78, 5) is 0. The first kappa shape index (κ1) is 30.8. The quantitative estimate of drug-likeness (QED) is 0.234. The Morgan fingerprint density at radius 3 is 1.32 bits per heavy atom. The molecule has 4 heteroatoms. The highest BCUT2D eigenvalue weighted by molar-refractivity contribution is 4.76. The average Bonchev–Trinajstić information content (AvgIpc) is 2.71. The Morgan fingerprint density at radius 1 is 0.548 bits per heavy atom. The smallest absolute Gasteiger partial charge is 0.0811 e. The fraction of sp³-hybridized carbons (Fsp3) is 1.00. The molecule has 188 valence electrons. The van der Waals surface area contributed by atoms with E-state index >= 15 is 0 Å². The molecule has 0 bridgehead atoms. The third kappa shape index (κ3) is 12.0. The third-order valence-electron chi connectivity index (χ3n) is 7.47. The van der Waals surface area contributed by atoms with Crippen molar-refractivity contribution >= 4 is 0 Å². The number of hydrogen-bond acceptors (Lipinski definition) is 4. The monoisotopic (exact) mass is 444 g/mol. The van der Waals surface area contributed by atoms with E-state index in [4.69, 9.17) is 18.9 Å². The van der Waals surface area contributed by atoms with Crippen LogP contribution in [0.4, 0.5) is 0 Å². The molecule has 0 spiro atoms. The largest absolute Gasteiger partial charge is 0.375 e. The van der Waals surface area contributed by atoms with Crippen LogP contribution in [0.25, 0.3) is 0 Å². The molecule has 31 heavy (non-hydrogen) atoms. The number of hydrogen-bond donors (Lipinski definition) is 0. The van der Waals surface area contributed by atoms with Gasteiger partial charge in [-0.25, -0.2) is 0 Å². The minimum Gasteiger partial charge on any atom is -0.375 e.